The molecule has 3 rings (SSSR count). The number of benzene rings is 3. The third-order valence-electron chi connectivity index (χ3n) is 7.07. The van der Waals surface area contributed by atoms with Gasteiger partial charge in [0.1, 0.15) is 6.04 Å². The molecule has 0 fully saturated rings. The van der Waals surface area contributed by atoms with Gasteiger partial charge in [0.25, 0.3) is 0 Å². The van der Waals surface area contributed by atoms with E-state index in [9.17, 15) is 18.0 Å². The monoisotopic (exact) mass is 577 g/mol. The molecule has 41 heavy (non-hydrogen) atoms. The molecule has 0 aromatic heterocycles. The molecule has 0 saturated carbocycles. The Morgan fingerprint density at radius 1 is 0.854 bits per heavy atom. The molecule has 0 aliphatic carbocycles. The molecule has 0 spiro atoms. The standard InChI is InChI=1S/C33H43N3O4S/c1-24(2)34-33(38)31(22-28-13-8-7-9-14-28)35(23-29-15-10-12-25(3)20-29)32(37)16-11-19-36(41(6,39)40)30-18-17-26(4)27(5)21-30/h7-10,12-15,17-18,20-21,24,31H,11,16,19,22-23H2,1-6H3,(H,34,38)/t31-/m1/s1. The van der Waals surface area contributed by atoms with E-state index < -0.39 is 16.1 Å². The van der Waals surface area contributed by atoms with E-state index in [-0.39, 0.29) is 37.4 Å². The minimum Gasteiger partial charge on any atom is -0.352 e. The maximum atomic E-state index is 13.9. The lowest BCUT2D eigenvalue weighted by Gasteiger charge is -2.32. The van der Waals surface area contributed by atoms with E-state index in [1.165, 1.54) is 10.6 Å². The highest BCUT2D eigenvalue weighted by Gasteiger charge is 2.31. The van der Waals surface area contributed by atoms with Gasteiger partial charge < -0.3 is 10.2 Å². The molecule has 0 radical (unpaired) electrons. The topological polar surface area (TPSA) is 86.8 Å². The third-order valence-corrected chi connectivity index (χ3v) is 8.26. The molecule has 3 aromatic carbocycles. The molecule has 7 nitrogen and oxygen atoms in total. The van der Waals surface area contributed by atoms with Crippen molar-refractivity contribution in [3.8, 4) is 0 Å². The molecule has 0 saturated heterocycles. The number of sulfonamides is 1. The number of nitrogens with one attached hydrogen (secondary N) is 1. The van der Waals surface area contributed by atoms with Crippen LogP contribution in [0.3, 0.4) is 0 Å². The van der Waals surface area contributed by atoms with Crippen molar-refractivity contribution >= 4 is 27.5 Å². The average Bonchev–Trinajstić information content (AvgIpc) is 2.89. The van der Waals surface area contributed by atoms with Gasteiger partial charge in [-0.15, -0.1) is 0 Å². The largest absolute Gasteiger partial charge is 0.352 e. The number of hydrogen-bond donors (Lipinski definition) is 1. The predicted octanol–water partition coefficient (Wildman–Crippen LogP) is 5.32. The second-order valence-electron chi connectivity index (χ2n) is 11.1. The quantitative estimate of drug-likeness (QED) is 0.298. The SMILES string of the molecule is Cc1cccc(CN(C(=O)CCCN(c2ccc(C)c(C)c2)S(C)(=O)=O)[C@H](Cc2ccccc2)C(=O)NC(C)C)c1. The fourth-order valence-electron chi connectivity index (χ4n) is 4.83. The summed E-state index contributed by atoms with van der Waals surface area (Å²) in [5.41, 5.74) is 5.61. The van der Waals surface area contributed by atoms with Gasteiger partial charge in [0, 0.05) is 32.0 Å². The van der Waals surface area contributed by atoms with Crippen LogP contribution in [0.4, 0.5) is 5.69 Å². The number of aryl methyl sites for hydroxylation is 3. The maximum absolute atomic E-state index is 13.9. The molecule has 8 heteroatoms. The van der Waals surface area contributed by atoms with Crippen molar-refractivity contribution in [2.24, 2.45) is 0 Å². The highest BCUT2D eigenvalue weighted by molar-refractivity contribution is 7.92. The number of rotatable bonds is 13. The van der Waals surface area contributed by atoms with Gasteiger partial charge in [0.05, 0.1) is 11.9 Å². The van der Waals surface area contributed by atoms with E-state index in [4.69, 9.17) is 0 Å². The van der Waals surface area contributed by atoms with Gasteiger partial charge in [-0.3, -0.25) is 13.9 Å². The van der Waals surface area contributed by atoms with E-state index in [0.717, 1.165) is 27.8 Å². The van der Waals surface area contributed by atoms with Crippen LogP contribution in [0.1, 0.15) is 54.5 Å². The van der Waals surface area contributed by atoms with E-state index in [0.29, 0.717) is 18.5 Å². The molecule has 220 valence electrons. The van der Waals surface area contributed by atoms with Crippen LogP contribution in [-0.2, 0) is 32.6 Å². The summed E-state index contributed by atoms with van der Waals surface area (Å²) >= 11 is 0. The number of carbonyl (C=O) groups excluding carboxylic acids is 2. The van der Waals surface area contributed by atoms with Crippen molar-refractivity contribution in [3.05, 3.63) is 101 Å². The number of anilines is 1. The van der Waals surface area contributed by atoms with Gasteiger partial charge in [0.2, 0.25) is 21.8 Å². The van der Waals surface area contributed by atoms with Crippen LogP contribution in [0, 0.1) is 20.8 Å². The van der Waals surface area contributed by atoms with Gasteiger partial charge in [-0.2, -0.15) is 0 Å². The van der Waals surface area contributed by atoms with Gasteiger partial charge >= 0.3 is 0 Å². The van der Waals surface area contributed by atoms with Crippen molar-refractivity contribution in [1.29, 1.82) is 0 Å². The molecular formula is C33H43N3O4S. The number of amides is 2. The van der Waals surface area contributed by atoms with Crippen LogP contribution >= 0.6 is 0 Å². The third kappa shape index (κ3) is 9.46. The summed E-state index contributed by atoms with van der Waals surface area (Å²) in [5, 5.41) is 3.00. The summed E-state index contributed by atoms with van der Waals surface area (Å²) in [5.74, 6) is -0.405. The van der Waals surface area contributed by atoms with E-state index in [1.54, 1.807) is 11.0 Å². The molecule has 0 bridgehead atoms. The minimum absolute atomic E-state index is 0.0852. The van der Waals surface area contributed by atoms with Crippen LogP contribution in [0.25, 0.3) is 0 Å². The molecule has 0 unspecified atom stereocenters. The van der Waals surface area contributed by atoms with Crippen molar-refractivity contribution in [2.45, 2.75) is 72.5 Å². The first kappa shape index (κ1) is 31.9. The molecule has 1 atom stereocenters. The molecular weight excluding hydrogens is 534 g/mol. The molecule has 0 aliphatic rings. The lowest BCUT2D eigenvalue weighted by atomic mass is 10.0. The summed E-state index contributed by atoms with van der Waals surface area (Å²) in [6.07, 6.45) is 1.96. The normalized spacial score (nSPS) is 12.2. The fourth-order valence-corrected chi connectivity index (χ4v) is 5.78. The second kappa shape index (κ2) is 14.3. The Morgan fingerprint density at radius 2 is 1.54 bits per heavy atom. The fraction of sp³-hybridized carbons (Fsp3) is 0.394. The highest BCUT2D eigenvalue weighted by atomic mass is 32.2. The molecule has 1 N–H and O–H groups in total. The van der Waals surface area contributed by atoms with Crippen LogP contribution < -0.4 is 9.62 Å². The maximum Gasteiger partial charge on any atom is 0.243 e. The minimum atomic E-state index is -3.56. The first-order valence-electron chi connectivity index (χ1n) is 14.1. The van der Waals surface area contributed by atoms with E-state index >= 15 is 0 Å². The molecule has 0 heterocycles. The Morgan fingerprint density at radius 3 is 2.15 bits per heavy atom. The smallest absolute Gasteiger partial charge is 0.243 e. The summed E-state index contributed by atoms with van der Waals surface area (Å²) in [6, 6.07) is 22.3. The second-order valence-corrected chi connectivity index (χ2v) is 13.0. The first-order valence-corrected chi connectivity index (χ1v) is 15.9. The van der Waals surface area contributed by atoms with Crippen molar-refractivity contribution in [2.75, 3.05) is 17.1 Å². The highest BCUT2D eigenvalue weighted by Crippen LogP contribution is 2.23. The Bertz CT molecular complexity index is 1440. The zero-order valence-electron chi connectivity index (χ0n) is 25.1. The van der Waals surface area contributed by atoms with Crippen molar-refractivity contribution in [3.63, 3.8) is 0 Å². The Balaban J connectivity index is 1.89. The summed E-state index contributed by atoms with van der Waals surface area (Å²) in [7, 11) is -3.56. The Kier molecular flexibility index (Phi) is 11.1. The van der Waals surface area contributed by atoms with Gasteiger partial charge in [-0.25, -0.2) is 8.42 Å². The average molecular weight is 578 g/mol. The van der Waals surface area contributed by atoms with Crippen LogP contribution in [0.2, 0.25) is 0 Å². The predicted molar refractivity (Wildman–Crippen MR) is 166 cm³/mol. The van der Waals surface area contributed by atoms with E-state index in [1.807, 2.05) is 101 Å². The van der Waals surface area contributed by atoms with Gasteiger partial charge in [-0.1, -0.05) is 66.2 Å². The lowest BCUT2D eigenvalue weighted by Crippen LogP contribution is -2.51. The first-order chi connectivity index (χ1) is 19.3. The molecule has 2 amide bonds. The lowest BCUT2D eigenvalue weighted by molar-refractivity contribution is -0.141. The van der Waals surface area contributed by atoms with Crippen LogP contribution in [-0.4, -0.2) is 50.0 Å². The molecule has 0 aliphatic heterocycles. The van der Waals surface area contributed by atoms with Crippen LogP contribution in [0.5, 0.6) is 0 Å². The number of nitrogens with zero attached hydrogens (tertiary/aromatic N) is 2. The van der Waals surface area contributed by atoms with Gasteiger partial charge in [0.15, 0.2) is 0 Å². The van der Waals surface area contributed by atoms with Crippen molar-refractivity contribution in [1.82, 2.24) is 10.2 Å². The molecule has 3 aromatic rings. The number of carbonyl (C=O) groups is 2. The zero-order valence-corrected chi connectivity index (χ0v) is 25.9. The Hall–Kier alpha value is -3.65. The van der Waals surface area contributed by atoms with Gasteiger partial charge in [-0.05, 0) is 75.4 Å². The summed E-state index contributed by atoms with van der Waals surface area (Å²) in [6.45, 7) is 10.2. The summed E-state index contributed by atoms with van der Waals surface area (Å²) in [4.78, 5) is 29.1. The Labute approximate surface area is 245 Å². The zero-order chi connectivity index (χ0) is 30.2. The van der Waals surface area contributed by atoms with Crippen LogP contribution in [0.15, 0.2) is 72.8 Å². The summed E-state index contributed by atoms with van der Waals surface area (Å²) < 4.78 is 26.7. The van der Waals surface area contributed by atoms with Crippen molar-refractivity contribution < 1.29 is 18.0 Å². The van der Waals surface area contributed by atoms with E-state index in [2.05, 4.69) is 5.32 Å². The number of hydrogen-bond acceptors (Lipinski definition) is 4.